The fourth-order valence-electron chi connectivity index (χ4n) is 2.31. The van der Waals surface area contributed by atoms with Gasteiger partial charge in [0, 0.05) is 20.5 Å². The Bertz CT molecular complexity index is 686. The lowest BCUT2D eigenvalue weighted by molar-refractivity contribution is -0.512. The second kappa shape index (κ2) is 5.65. The van der Waals surface area contributed by atoms with Crippen LogP contribution in [0.2, 0.25) is 0 Å². The molecule has 0 saturated heterocycles. The quantitative estimate of drug-likeness (QED) is 0.630. The smallest absolute Gasteiger partial charge is 0.301 e. The number of hydrogen-bond donors (Lipinski definition) is 0. The summed E-state index contributed by atoms with van der Waals surface area (Å²) >= 11 is 3.34. The zero-order valence-electron chi connectivity index (χ0n) is 10.8. The van der Waals surface area contributed by atoms with Crippen LogP contribution in [-0.2, 0) is 4.84 Å². The summed E-state index contributed by atoms with van der Waals surface area (Å²) in [6.07, 6.45) is -0.705. The zero-order chi connectivity index (χ0) is 14.8. The first kappa shape index (κ1) is 13.8. The predicted molar refractivity (Wildman–Crippen MR) is 81.7 cm³/mol. The van der Waals surface area contributed by atoms with Crippen LogP contribution in [0.4, 0.5) is 0 Å². The molecule has 106 valence electrons. The fraction of sp³-hybridized carbons (Fsp3) is 0.133. The van der Waals surface area contributed by atoms with E-state index in [2.05, 4.69) is 21.1 Å². The van der Waals surface area contributed by atoms with Gasteiger partial charge in [-0.3, -0.25) is 10.1 Å². The van der Waals surface area contributed by atoms with E-state index in [9.17, 15) is 10.1 Å². The third kappa shape index (κ3) is 2.67. The normalized spacial score (nSPS) is 20.7. The Morgan fingerprint density at radius 3 is 2.38 bits per heavy atom. The van der Waals surface area contributed by atoms with Gasteiger partial charge in [0.2, 0.25) is 6.10 Å². The second-order valence-electron chi connectivity index (χ2n) is 4.65. The van der Waals surface area contributed by atoms with Crippen molar-refractivity contribution >= 4 is 21.6 Å². The highest BCUT2D eigenvalue weighted by Gasteiger charge is 2.45. The van der Waals surface area contributed by atoms with Gasteiger partial charge in [-0.05, 0) is 12.1 Å². The van der Waals surface area contributed by atoms with Gasteiger partial charge < -0.3 is 4.84 Å². The van der Waals surface area contributed by atoms with E-state index in [1.807, 2.05) is 30.3 Å². The molecule has 0 amide bonds. The van der Waals surface area contributed by atoms with Gasteiger partial charge in [0.15, 0.2) is 5.71 Å². The summed E-state index contributed by atoms with van der Waals surface area (Å²) < 4.78 is 0.908. The van der Waals surface area contributed by atoms with E-state index in [1.165, 1.54) is 0 Å². The van der Waals surface area contributed by atoms with Crippen molar-refractivity contribution in [1.82, 2.24) is 0 Å². The minimum Gasteiger partial charge on any atom is -0.379 e. The van der Waals surface area contributed by atoms with Crippen molar-refractivity contribution < 1.29 is 9.76 Å². The number of benzene rings is 2. The lowest BCUT2D eigenvalue weighted by Gasteiger charge is -2.12. The zero-order valence-corrected chi connectivity index (χ0v) is 12.4. The molecule has 0 aliphatic carbocycles. The largest absolute Gasteiger partial charge is 0.379 e. The molecule has 0 spiro atoms. The molecule has 1 heterocycles. The monoisotopic (exact) mass is 346 g/mol. The lowest BCUT2D eigenvalue weighted by atomic mass is 9.95. The van der Waals surface area contributed by atoms with Crippen LogP contribution in [0.3, 0.4) is 0 Å². The van der Waals surface area contributed by atoms with Crippen molar-refractivity contribution in [2.75, 3.05) is 0 Å². The van der Waals surface area contributed by atoms with Crippen molar-refractivity contribution in [3.05, 3.63) is 80.3 Å². The highest BCUT2D eigenvalue weighted by atomic mass is 79.9. The highest BCUT2D eigenvalue weighted by molar-refractivity contribution is 9.10. The van der Waals surface area contributed by atoms with Gasteiger partial charge in [0.25, 0.3) is 0 Å². The lowest BCUT2D eigenvalue weighted by Crippen LogP contribution is -2.32. The van der Waals surface area contributed by atoms with Gasteiger partial charge in [-0.25, -0.2) is 0 Å². The number of oxime groups is 1. The number of rotatable bonds is 3. The van der Waals surface area contributed by atoms with Crippen LogP contribution in [0, 0.1) is 10.1 Å². The molecule has 0 saturated carbocycles. The Labute approximate surface area is 129 Å². The molecule has 6 heteroatoms. The third-order valence-electron chi connectivity index (χ3n) is 3.33. The average Bonchev–Trinajstić information content (AvgIpc) is 2.94. The Balaban J connectivity index is 1.95. The van der Waals surface area contributed by atoms with Crippen LogP contribution in [-0.4, -0.2) is 16.7 Å². The van der Waals surface area contributed by atoms with Crippen LogP contribution in [0.1, 0.15) is 17.2 Å². The first-order valence-corrected chi connectivity index (χ1v) is 7.14. The molecule has 1 aliphatic heterocycles. The van der Waals surface area contributed by atoms with Crippen LogP contribution in [0.5, 0.6) is 0 Å². The van der Waals surface area contributed by atoms with Crippen molar-refractivity contribution in [2.24, 2.45) is 5.16 Å². The van der Waals surface area contributed by atoms with E-state index in [4.69, 9.17) is 4.84 Å². The molecule has 0 unspecified atom stereocenters. The van der Waals surface area contributed by atoms with E-state index >= 15 is 0 Å². The van der Waals surface area contributed by atoms with Gasteiger partial charge in [0.1, 0.15) is 0 Å². The van der Waals surface area contributed by atoms with Crippen LogP contribution in [0.15, 0.2) is 64.2 Å². The molecule has 0 fully saturated rings. The van der Waals surface area contributed by atoms with E-state index in [0.717, 1.165) is 10.0 Å². The summed E-state index contributed by atoms with van der Waals surface area (Å²) in [6, 6.07) is 15.3. The standard InChI is InChI=1S/C15H11BrN2O3/c16-12-8-6-11(7-9-12)15-14(18(19)20)13(17-21-15)10-4-2-1-3-5-10/h1-9,14-15H/t14-,15+/m1/s1. The van der Waals surface area contributed by atoms with Gasteiger partial charge in [0.05, 0.1) is 0 Å². The molecule has 3 rings (SSSR count). The summed E-state index contributed by atoms with van der Waals surface area (Å²) in [5, 5.41) is 15.4. The molecule has 2 aromatic rings. The second-order valence-corrected chi connectivity index (χ2v) is 5.57. The summed E-state index contributed by atoms with van der Waals surface area (Å²) in [6.45, 7) is 0. The fourth-order valence-corrected chi connectivity index (χ4v) is 2.57. The molecule has 0 bridgehead atoms. The third-order valence-corrected chi connectivity index (χ3v) is 3.86. The van der Waals surface area contributed by atoms with E-state index in [1.54, 1.807) is 24.3 Å². The minimum atomic E-state index is -1.01. The van der Waals surface area contributed by atoms with Crippen molar-refractivity contribution in [1.29, 1.82) is 0 Å². The Kier molecular flexibility index (Phi) is 3.70. The maximum absolute atomic E-state index is 11.5. The molecule has 21 heavy (non-hydrogen) atoms. The van der Waals surface area contributed by atoms with Crippen molar-refractivity contribution in [3.8, 4) is 0 Å². The average molecular weight is 347 g/mol. The SMILES string of the molecule is O=[N+]([O-])[C@@H]1C(c2ccccc2)=NO[C@H]1c1ccc(Br)cc1. The summed E-state index contributed by atoms with van der Waals surface area (Å²) in [4.78, 5) is 16.5. The maximum atomic E-state index is 11.5. The van der Waals surface area contributed by atoms with E-state index in [-0.39, 0.29) is 4.92 Å². The van der Waals surface area contributed by atoms with Crippen LogP contribution >= 0.6 is 15.9 Å². The van der Waals surface area contributed by atoms with Gasteiger partial charge in [-0.2, -0.15) is 0 Å². The molecular weight excluding hydrogens is 336 g/mol. The molecule has 2 aromatic carbocycles. The maximum Gasteiger partial charge on any atom is 0.301 e. The van der Waals surface area contributed by atoms with Crippen LogP contribution < -0.4 is 0 Å². The minimum absolute atomic E-state index is 0.342. The number of nitro groups is 1. The molecule has 0 N–H and O–H groups in total. The Hall–Kier alpha value is -2.21. The molecule has 0 aromatic heterocycles. The highest BCUT2D eigenvalue weighted by Crippen LogP contribution is 2.32. The first-order valence-electron chi connectivity index (χ1n) is 6.35. The molecular formula is C15H11BrN2O3. The van der Waals surface area contributed by atoms with Crippen LogP contribution in [0.25, 0.3) is 0 Å². The number of nitrogens with zero attached hydrogens (tertiary/aromatic N) is 2. The van der Waals surface area contributed by atoms with Crippen molar-refractivity contribution in [2.45, 2.75) is 12.1 Å². The van der Waals surface area contributed by atoms with Crippen molar-refractivity contribution in [3.63, 3.8) is 0 Å². The van der Waals surface area contributed by atoms with Gasteiger partial charge in [-0.1, -0.05) is 63.6 Å². The van der Waals surface area contributed by atoms with Gasteiger partial charge in [-0.15, -0.1) is 0 Å². The Morgan fingerprint density at radius 1 is 1.10 bits per heavy atom. The molecule has 5 nitrogen and oxygen atoms in total. The topological polar surface area (TPSA) is 64.7 Å². The Morgan fingerprint density at radius 2 is 1.76 bits per heavy atom. The first-order chi connectivity index (χ1) is 10.2. The predicted octanol–water partition coefficient (Wildman–Crippen LogP) is 3.57. The summed E-state index contributed by atoms with van der Waals surface area (Å²) in [5.41, 5.74) is 1.79. The molecule has 1 aliphatic rings. The van der Waals surface area contributed by atoms with E-state index < -0.39 is 12.1 Å². The number of hydrogen-bond acceptors (Lipinski definition) is 4. The summed E-state index contributed by atoms with van der Waals surface area (Å²) in [5.74, 6) is 0. The molecule has 0 radical (unpaired) electrons. The number of halogens is 1. The summed E-state index contributed by atoms with van der Waals surface area (Å²) in [7, 11) is 0. The van der Waals surface area contributed by atoms with Gasteiger partial charge >= 0.3 is 6.04 Å². The van der Waals surface area contributed by atoms with E-state index in [0.29, 0.717) is 11.3 Å². The molecule has 2 atom stereocenters.